The zero-order valence-corrected chi connectivity index (χ0v) is 10.9. The lowest BCUT2D eigenvalue weighted by Crippen LogP contribution is -2.39. The van der Waals surface area contributed by atoms with Crippen molar-refractivity contribution < 1.29 is 26.7 Å². The molecular formula is C13H16F5NO. The number of hydrogen-bond donors (Lipinski definition) is 1. The maximum absolute atomic E-state index is 12.4. The summed E-state index contributed by atoms with van der Waals surface area (Å²) in [4.78, 5) is 0. The lowest BCUT2D eigenvalue weighted by atomic mass is 10.1. The van der Waals surface area contributed by atoms with E-state index in [9.17, 15) is 22.0 Å². The topological polar surface area (TPSA) is 21.3 Å². The second-order valence-electron chi connectivity index (χ2n) is 4.32. The third-order valence-corrected chi connectivity index (χ3v) is 2.69. The molecule has 0 spiro atoms. The molecule has 114 valence electrons. The molecule has 2 nitrogen and oxygen atoms in total. The molecule has 0 aliphatic rings. The largest absolute Gasteiger partial charge is 0.482 e. The molecule has 0 fully saturated rings. The van der Waals surface area contributed by atoms with Crippen LogP contribution in [0.4, 0.5) is 22.0 Å². The summed E-state index contributed by atoms with van der Waals surface area (Å²) < 4.78 is 63.7. The fraction of sp³-hybridized carbons (Fsp3) is 0.538. The Hall–Kier alpha value is -1.21. The van der Waals surface area contributed by atoms with Crippen LogP contribution in [0.3, 0.4) is 0 Å². The van der Waals surface area contributed by atoms with E-state index in [0.717, 1.165) is 11.1 Å². The first-order chi connectivity index (χ1) is 9.24. The Balaban J connectivity index is 2.19. The molecule has 0 aliphatic heterocycles. The molecule has 0 atom stereocenters. The van der Waals surface area contributed by atoms with E-state index in [-0.39, 0.29) is 6.42 Å². The molecule has 1 N–H and O–H groups in total. The lowest BCUT2D eigenvalue weighted by Gasteiger charge is -2.19. The van der Waals surface area contributed by atoms with Crippen molar-refractivity contribution in [2.75, 3.05) is 13.2 Å². The van der Waals surface area contributed by atoms with E-state index in [4.69, 9.17) is 0 Å². The highest BCUT2D eigenvalue weighted by molar-refractivity contribution is 5.25. The Labute approximate surface area is 113 Å². The van der Waals surface area contributed by atoms with Gasteiger partial charge in [0.25, 0.3) is 0 Å². The van der Waals surface area contributed by atoms with Gasteiger partial charge in [0.2, 0.25) is 0 Å². The third kappa shape index (κ3) is 5.05. The van der Waals surface area contributed by atoms with Gasteiger partial charge in [-0.15, -0.1) is 0 Å². The van der Waals surface area contributed by atoms with Crippen LogP contribution >= 0.6 is 0 Å². The van der Waals surface area contributed by atoms with Crippen LogP contribution in [0.5, 0.6) is 0 Å². The fourth-order valence-corrected chi connectivity index (χ4v) is 1.51. The maximum atomic E-state index is 12.4. The highest BCUT2D eigenvalue weighted by atomic mass is 19.4. The van der Waals surface area contributed by atoms with Gasteiger partial charge in [0.05, 0.1) is 6.61 Å². The standard InChI is InChI=1S/C13H16F5NO/c1-10-5-2-3-6-11(10)9-19-7-4-8-20-13(17,18)12(14,15)16/h2-3,5-6,19H,4,7-9H2,1H3. The zero-order chi connectivity index (χ0) is 15.2. The highest BCUT2D eigenvalue weighted by Crippen LogP contribution is 2.36. The molecule has 0 radical (unpaired) electrons. The van der Waals surface area contributed by atoms with Gasteiger partial charge >= 0.3 is 12.3 Å². The molecule has 0 saturated carbocycles. The van der Waals surface area contributed by atoms with Gasteiger partial charge in [-0.1, -0.05) is 24.3 Å². The summed E-state index contributed by atoms with van der Waals surface area (Å²) in [5.74, 6) is 0. The summed E-state index contributed by atoms with van der Waals surface area (Å²) in [6.45, 7) is 2.10. The van der Waals surface area contributed by atoms with Crippen LogP contribution in [0.15, 0.2) is 24.3 Å². The number of nitrogens with one attached hydrogen (secondary N) is 1. The van der Waals surface area contributed by atoms with Crippen molar-refractivity contribution in [2.45, 2.75) is 32.2 Å². The van der Waals surface area contributed by atoms with E-state index >= 15 is 0 Å². The van der Waals surface area contributed by atoms with Gasteiger partial charge in [-0.25, -0.2) is 0 Å². The molecule has 1 aromatic rings. The van der Waals surface area contributed by atoms with E-state index in [0.29, 0.717) is 13.1 Å². The van der Waals surface area contributed by atoms with Gasteiger partial charge in [0.1, 0.15) is 0 Å². The molecule has 1 rings (SSSR count). The first kappa shape index (κ1) is 16.8. The van der Waals surface area contributed by atoms with E-state index < -0.39 is 18.9 Å². The van der Waals surface area contributed by atoms with Crippen molar-refractivity contribution in [1.29, 1.82) is 0 Å². The molecular weight excluding hydrogens is 281 g/mol. The quantitative estimate of drug-likeness (QED) is 0.613. The molecule has 0 aliphatic carbocycles. The average molecular weight is 297 g/mol. The SMILES string of the molecule is Cc1ccccc1CNCCCOC(F)(F)C(F)(F)F. The van der Waals surface area contributed by atoms with Crippen molar-refractivity contribution in [3.8, 4) is 0 Å². The molecule has 0 aromatic heterocycles. The number of ether oxygens (including phenoxy) is 1. The van der Waals surface area contributed by atoms with Gasteiger partial charge in [-0.2, -0.15) is 22.0 Å². The average Bonchev–Trinajstić information content (AvgIpc) is 2.34. The summed E-state index contributed by atoms with van der Waals surface area (Å²) in [6.07, 6.45) is -10.7. The monoisotopic (exact) mass is 297 g/mol. The van der Waals surface area contributed by atoms with Gasteiger partial charge in [0, 0.05) is 6.54 Å². The number of hydrogen-bond acceptors (Lipinski definition) is 2. The Bertz CT molecular complexity index is 419. The van der Waals surface area contributed by atoms with Crippen molar-refractivity contribution in [1.82, 2.24) is 5.32 Å². The van der Waals surface area contributed by atoms with E-state index in [2.05, 4.69) is 10.1 Å². The van der Waals surface area contributed by atoms with Gasteiger partial charge in [-0.05, 0) is 31.0 Å². The highest BCUT2D eigenvalue weighted by Gasteiger charge is 2.59. The van der Waals surface area contributed by atoms with Crippen LogP contribution in [0.1, 0.15) is 17.5 Å². The number of aryl methyl sites for hydroxylation is 1. The number of halogens is 5. The smallest absolute Gasteiger partial charge is 0.313 e. The van der Waals surface area contributed by atoms with Crippen LogP contribution in [0.2, 0.25) is 0 Å². The minimum Gasteiger partial charge on any atom is -0.313 e. The van der Waals surface area contributed by atoms with E-state index in [1.54, 1.807) is 0 Å². The summed E-state index contributed by atoms with van der Waals surface area (Å²) in [7, 11) is 0. The predicted molar refractivity (Wildman–Crippen MR) is 64.5 cm³/mol. The van der Waals surface area contributed by atoms with Crippen LogP contribution < -0.4 is 5.32 Å². The van der Waals surface area contributed by atoms with Crippen LogP contribution in [0, 0.1) is 6.92 Å². The summed E-state index contributed by atoms with van der Waals surface area (Å²) >= 11 is 0. The Morgan fingerprint density at radius 1 is 1.10 bits per heavy atom. The second-order valence-corrected chi connectivity index (χ2v) is 4.32. The Morgan fingerprint density at radius 3 is 2.35 bits per heavy atom. The number of alkyl halides is 5. The van der Waals surface area contributed by atoms with E-state index in [1.165, 1.54) is 0 Å². The number of benzene rings is 1. The first-order valence-corrected chi connectivity index (χ1v) is 6.08. The molecule has 0 amide bonds. The minimum absolute atomic E-state index is 0.0670. The normalized spacial score (nSPS) is 12.7. The number of rotatable bonds is 7. The molecule has 0 unspecified atom stereocenters. The second kappa shape index (κ2) is 6.99. The molecule has 0 saturated heterocycles. The Morgan fingerprint density at radius 2 is 1.75 bits per heavy atom. The van der Waals surface area contributed by atoms with E-state index in [1.807, 2.05) is 31.2 Å². The summed E-state index contributed by atoms with van der Waals surface area (Å²) in [5, 5.41) is 2.96. The summed E-state index contributed by atoms with van der Waals surface area (Å²) in [6, 6.07) is 7.61. The fourth-order valence-electron chi connectivity index (χ4n) is 1.51. The molecule has 7 heteroatoms. The van der Waals surface area contributed by atoms with Crippen molar-refractivity contribution in [2.24, 2.45) is 0 Å². The summed E-state index contributed by atoms with van der Waals surface area (Å²) in [5.41, 5.74) is 2.13. The zero-order valence-electron chi connectivity index (χ0n) is 10.9. The van der Waals surface area contributed by atoms with Gasteiger partial charge < -0.3 is 10.1 Å². The molecule has 0 bridgehead atoms. The predicted octanol–water partition coefficient (Wildman–Crippen LogP) is 3.65. The maximum Gasteiger partial charge on any atom is 0.482 e. The van der Waals surface area contributed by atoms with Gasteiger partial charge in [0.15, 0.2) is 0 Å². The van der Waals surface area contributed by atoms with Crippen LogP contribution in [-0.2, 0) is 11.3 Å². The molecule has 0 heterocycles. The van der Waals surface area contributed by atoms with Crippen molar-refractivity contribution in [3.05, 3.63) is 35.4 Å². The molecule has 20 heavy (non-hydrogen) atoms. The first-order valence-electron chi connectivity index (χ1n) is 6.08. The minimum atomic E-state index is -5.67. The third-order valence-electron chi connectivity index (χ3n) is 2.69. The van der Waals surface area contributed by atoms with Gasteiger partial charge in [-0.3, -0.25) is 0 Å². The van der Waals surface area contributed by atoms with Crippen molar-refractivity contribution in [3.63, 3.8) is 0 Å². The Kier molecular flexibility index (Phi) is 5.88. The lowest BCUT2D eigenvalue weighted by molar-refractivity contribution is -0.391. The van der Waals surface area contributed by atoms with Crippen molar-refractivity contribution >= 4 is 0 Å². The molecule has 1 aromatic carbocycles. The van der Waals surface area contributed by atoms with Crippen LogP contribution in [-0.4, -0.2) is 25.4 Å². The van der Waals surface area contributed by atoms with Crippen LogP contribution in [0.25, 0.3) is 0 Å².